The second-order valence-electron chi connectivity index (χ2n) is 5.32. The van der Waals surface area contributed by atoms with Crippen molar-refractivity contribution in [2.24, 2.45) is 11.3 Å². The van der Waals surface area contributed by atoms with Crippen LogP contribution < -0.4 is 0 Å². The summed E-state index contributed by atoms with van der Waals surface area (Å²) in [7, 11) is 0. The summed E-state index contributed by atoms with van der Waals surface area (Å²) >= 11 is 3.77. The molecule has 0 amide bonds. The number of hydrogen-bond acceptors (Lipinski definition) is 0. The van der Waals surface area contributed by atoms with Crippen LogP contribution in [0.25, 0.3) is 0 Å². The predicted octanol–water partition coefficient (Wildman–Crippen LogP) is 4.38. The van der Waals surface area contributed by atoms with E-state index in [4.69, 9.17) is 0 Å². The molecule has 0 heterocycles. The lowest BCUT2D eigenvalue weighted by Crippen LogP contribution is -2.18. The van der Waals surface area contributed by atoms with Crippen LogP contribution in [0.2, 0.25) is 0 Å². The Hall–Kier alpha value is 0.0400. The Morgan fingerprint density at radius 2 is 1.86 bits per heavy atom. The molecular weight excluding hydrogens is 236 g/mol. The van der Waals surface area contributed by atoms with E-state index < -0.39 is 0 Å². The van der Waals surface area contributed by atoms with Crippen molar-refractivity contribution in [3.63, 3.8) is 0 Å². The Bertz CT molecular complexity index is 226. The normalized spacial score (nSPS) is 28.0. The first kappa shape index (κ1) is 12.1. The van der Waals surface area contributed by atoms with Crippen molar-refractivity contribution >= 4 is 15.9 Å². The Labute approximate surface area is 97.0 Å². The molecule has 1 saturated carbocycles. The van der Waals surface area contributed by atoms with E-state index in [0.29, 0.717) is 4.83 Å². The highest BCUT2D eigenvalue weighted by Crippen LogP contribution is 2.31. The minimum Gasteiger partial charge on any atom is -0.102 e. The fourth-order valence-corrected chi connectivity index (χ4v) is 2.61. The van der Waals surface area contributed by atoms with Gasteiger partial charge in [0.2, 0.25) is 0 Å². The van der Waals surface area contributed by atoms with Gasteiger partial charge in [-0.15, -0.1) is 5.92 Å². The van der Waals surface area contributed by atoms with Gasteiger partial charge in [0.15, 0.2) is 0 Å². The number of halogens is 1. The molecule has 80 valence electrons. The number of alkyl halides is 1. The molecule has 0 N–H and O–H groups in total. The SMILES string of the molecule is CC(C)(C)C#CCC1CCCCC1Br. The van der Waals surface area contributed by atoms with Gasteiger partial charge in [-0.05, 0) is 39.5 Å². The van der Waals surface area contributed by atoms with Crippen LogP contribution in [-0.2, 0) is 0 Å². The van der Waals surface area contributed by atoms with Gasteiger partial charge in [0.25, 0.3) is 0 Å². The molecule has 1 fully saturated rings. The molecule has 1 aliphatic rings. The van der Waals surface area contributed by atoms with Gasteiger partial charge in [-0.2, -0.15) is 0 Å². The maximum atomic E-state index is 3.77. The van der Waals surface area contributed by atoms with E-state index in [-0.39, 0.29) is 5.41 Å². The summed E-state index contributed by atoms with van der Waals surface area (Å²) in [6, 6.07) is 0. The molecule has 1 aliphatic carbocycles. The molecule has 1 rings (SSSR count). The fraction of sp³-hybridized carbons (Fsp3) is 0.846. The van der Waals surface area contributed by atoms with E-state index in [1.54, 1.807) is 0 Å². The van der Waals surface area contributed by atoms with E-state index in [1.807, 2.05) is 0 Å². The first-order chi connectivity index (χ1) is 6.49. The molecule has 0 aromatic rings. The lowest BCUT2D eigenvalue weighted by atomic mass is 9.86. The minimum atomic E-state index is 0.163. The third kappa shape index (κ3) is 4.51. The van der Waals surface area contributed by atoms with Crippen molar-refractivity contribution in [3.8, 4) is 11.8 Å². The van der Waals surface area contributed by atoms with Gasteiger partial charge in [-0.1, -0.05) is 34.7 Å². The Kier molecular flexibility index (Phi) is 4.51. The molecule has 0 nitrogen and oxygen atoms in total. The van der Waals surface area contributed by atoms with Crippen molar-refractivity contribution in [1.29, 1.82) is 0 Å². The van der Waals surface area contributed by atoms with Gasteiger partial charge in [0, 0.05) is 16.7 Å². The second kappa shape index (κ2) is 5.21. The third-order valence-electron chi connectivity index (χ3n) is 2.64. The molecule has 0 spiro atoms. The second-order valence-corrected chi connectivity index (χ2v) is 6.49. The highest BCUT2D eigenvalue weighted by Gasteiger charge is 2.21. The largest absolute Gasteiger partial charge is 0.102 e. The summed E-state index contributed by atoms with van der Waals surface area (Å²) in [5, 5.41) is 0. The molecule has 0 aliphatic heterocycles. The van der Waals surface area contributed by atoms with Crippen LogP contribution >= 0.6 is 15.9 Å². The highest BCUT2D eigenvalue weighted by atomic mass is 79.9. The molecule has 0 aromatic heterocycles. The highest BCUT2D eigenvalue weighted by molar-refractivity contribution is 9.09. The Balaban J connectivity index is 2.39. The van der Waals surface area contributed by atoms with E-state index >= 15 is 0 Å². The molecule has 2 atom stereocenters. The van der Waals surface area contributed by atoms with E-state index in [1.165, 1.54) is 25.7 Å². The molecule has 0 bridgehead atoms. The summed E-state index contributed by atoms with van der Waals surface area (Å²) in [6.45, 7) is 6.52. The number of rotatable bonds is 1. The van der Waals surface area contributed by atoms with Crippen molar-refractivity contribution in [2.75, 3.05) is 0 Å². The summed E-state index contributed by atoms with van der Waals surface area (Å²) in [5.74, 6) is 7.45. The monoisotopic (exact) mass is 256 g/mol. The average Bonchev–Trinajstić information content (AvgIpc) is 2.06. The maximum absolute atomic E-state index is 3.77. The van der Waals surface area contributed by atoms with Crippen LogP contribution in [-0.4, -0.2) is 4.83 Å². The molecule has 2 unspecified atom stereocenters. The molecule has 0 saturated heterocycles. The van der Waals surface area contributed by atoms with E-state index in [0.717, 1.165) is 12.3 Å². The minimum absolute atomic E-state index is 0.163. The third-order valence-corrected chi connectivity index (χ3v) is 3.85. The standard InChI is InChI=1S/C13H21Br/c1-13(2,3)10-6-8-11-7-4-5-9-12(11)14/h11-12H,4-5,7-9H2,1-3H3. The van der Waals surface area contributed by atoms with Gasteiger partial charge in [-0.3, -0.25) is 0 Å². The van der Waals surface area contributed by atoms with Crippen molar-refractivity contribution in [2.45, 2.75) is 57.7 Å². The average molecular weight is 257 g/mol. The molecular formula is C13H21Br. The summed E-state index contributed by atoms with van der Waals surface area (Å²) < 4.78 is 0. The van der Waals surface area contributed by atoms with Gasteiger partial charge >= 0.3 is 0 Å². The van der Waals surface area contributed by atoms with Crippen molar-refractivity contribution in [3.05, 3.63) is 0 Å². The van der Waals surface area contributed by atoms with Gasteiger partial charge in [-0.25, -0.2) is 0 Å². The Morgan fingerprint density at radius 1 is 1.21 bits per heavy atom. The summed E-state index contributed by atoms with van der Waals surface area (Å²) in [5.41, 5.74) is 0.163. The van der Waals surface area contributed by atoms with Crippen LogP contribution in [0.3, 0.4) is 0 Å². The smallest absolute Gasteiger partial charge is 0.0230 e. The lowest BCUT2D eigenvalue weighted by Gasteiger charge is -2.25. The van der Waals surface area contributed by atoms with Crippen LogP contribution in [0.4, 0.5) is 0 Å². The Morgan fingerprint density at radius 3 is 2.43 bits per heavy atom. The van der Waals surface area contributed by atoms with Crippen molar-refractivity contribution in [1.82, 2.24) is 0 Å². The molecule has 0 aromatic carbocycles. The van der Waals surface area contributed by atoms with E-state index in [2.05, 4.69) is 48.5 Å². The first-order valence-electron chi connectivity index (χ1n) is 5.63. The maximum Gasteiger partial charge on any atom is 0.0230 e. The topological polar surface area (TPSA) is 0 Å². The zero-order valence-electron chi connectivity index (χ0n) is 9.57. The fourth-order valence-electron chi connectivity index (χ4n) is 1.84. The zero-order chi connectivity index (χ0) is 10.6. The number of hydrogen-bond donors (Lipinski definition) is 0. The van der Waals surface area contributed by atoms with E-state index in [9.17, 15) is 0 Å². The molecule has 1 heteroatoms. The van der Waals surface area contributed by atoms with Gasteiger partial charge in [0.1, 0.15) is 0 Å². The van der Waals surface area contributed by atoms with Crippen molar-refractivity contribution < 1.29 is 0 Å². The lowest BCUT2D eigenvalue weighted by molar-refractivity contribution is 0.381. The summed E-state index contributed by atoms with van der Waals surface area (Å²) in [4.78, 5) is 0.713. The first-order valence-corrected chi connectivity index (χ1v) is 6.55. The molecule has 14 heavy (non-hydrogen) atoms. The predicted molar refractivity (Wildman–Crippen MR) is 66.5 cm³/mol. The van der Waals surface area contributed by atoms with Crippen LogP contribution in [0.5, 0.6) is 0 Å². The summed E-state index contributed by atoms with van der Waals surface area (Å²) in [6.07, 6.45) is 6.55. The van der Waals surface area contributed by atoms with Gasteiger partial charge < -0.3 is 0 Å². The van der Waals surface area contributed by atoms with Crippen LogP contribution in [0, 0.1) is 23.2 Å². The van der Waals surface area contributed by atoms with Crippen LogP contribution in [0.1, 0.15) is 52.9 Å². The van der Waals surface area contributed by atoms with Crippen LogP contribution in [0.15, 0.2) is 0 Å². The zero-order valence-corrected chi connectivity index (χ0v) is 11.2. The molecule has 0 radical (unpaired) electrons. The quantitative estimate of drug-likeness (QED) is 0.483. The van der Waals surface area contributed by atoms with Gasteiger partial charge in [0.05, 0.1) is 0 Å².